The molecule has 154 valence electrons. The number of carbonyl (C=O) groups excluding carboxylic acids is 2. The summed E-state index contributed by atoms with van der Waals surface area (Å²) in [5.41, 5.74) is -2.03. The minimum atomic E-state index is -2.40. The third-order valence-corrected chi connectivity index (χ3v) is 4.96. The van der Waals surface area contributed by atoms with Crippen molar-refractivity contribution in [2.45, 2.75) is 31.1 Å². The summed E-state index contributed by atoms with van der Waals surface area (Å²) < 4.78 is 30.4. The van der Waals surface area contributed by atoms with Crippen LogP contribution in [0.4, 0.5) is 4.39 Å². The van der Waals surface area contributed by atoms with Crippen LogP contribution >= 0.6 is 23.2 Å². The minimum absolute atomic E-state index is 0.142. The first-order valence-corrected chi connectivity index (χ1v) is 9.36. The summed E-state index contributed by atoms with van der Waals surface area (Å²) in [6.07, 6.45) is -4.56. The third kappa shape index (κ3) is 4.87. The molecule has 0 bridgehead atoms. The summed E-state index contributed by atoms with van der Waals surface area (Å²) >= 11 is 11.6. The highest BCUT2D eigenvalue weighted by atomic mass is 35.5. The molecule has 1 fully saturated rings. The Hall–Kier alpha value is -2.19. The average molecular weight is 443 g/mol. The van der Waals surface area contributed by atoms with Gasteiger partial charge < -0.3 is 19.3 Å². The highest BCUT2D eigenvalue weighted by Gasteiger charge is 2.57. The second kappa shape index (κ2) is 8.67. The topological polar surface area (TPSA) is 82.1 Å². The molecule has 3 rings (SSSR count). The van der Waals surface area contributed by atoms with E-state index in [4.69, 9.17) is 37.4 Å². The van der Waals surface area contributed by atoms with Crippen molar-refractivity contribution < 1.29 is 33.3 Å². The molecule has 0 aliphatic carbocycles. The molecule has 0 radical (unpaired) electrons. The predicted molar refractivity (Wildman–Crippen MR) is 103 cm³/mol. The number of alkyl halides is 1. The zero-order valence-electron chi connectivity index (χ0n) is 15.2. The van der Waals surface area contributed by atoms with Gasteiger partial charge in [-0.05, 0) is 55.5 Å². The van der Waals surface area contributed by atoms with Crippen LogP contribution in [0.2, 0.25) is 10.0 Å². The maximum Gasteiger partial charge on any atom is 0.338 e. The van der Waals surface area contributed by atoms with Crippen molar-refractivity contribution >= 4 is 35.1 Å². The molecule has 6 nitrogen and oxygen atoms in total. The Balaban J connectivity index is 1.69. The van der Waals surface area contributed by atoms with Gasteiger partial charge in [0, 0.05) is 10.0 Å². The van der Waals surface area contributed by atoms with E-state index in [0.717, 1.165) is 6.92 Å². The Bertz CT molecular complexity index is 885. The van der Waals surface area contributed by atoms with E-state index in [0.29, 0.717) is 10.0 Å². The molecule has 0 spiro atoms. The standard InChI is InChI=1S/C20H17Cl2FO6/c1-20(23)16(29-18(25)12-4-8-14(22)9-5-12)15(28-19(20)26)10-27-17(24)11-2-6-13(21)7-3-11/h2-9,15-16,19,26H,10H2,1H3. The summed E-state index contributed by atoms with van der Waals surface area (Å²) in [6, 6.07) is 11.8. The summed E-state index contributed by atoms with van der Waals surface area (Å²) in [4.78, 5) is 24.5. The van der Waals surface area contributed by atoms with Crippen LogP contribution in [-0.2, 0) is 14.2 Å². The second-order valence-electron chi connectivity index (χ2n) is 6.62. The van der Waals surface area contributed by atoms with Gasteiger partial charge in [-0.3, -0.25) is 0 Å². The maximum atomic E-state index is 14.9. The number of rotatable bonds is 5. The molecule has 2 aromatic rings. The lowest BCUT2D eigenvalue weighted by atomic mass is 9.99. The molecule has 4 unspecified atom stereocenters. The SMILES string of the molecule is CC1(F)C(O)OC(COC(=O)c2ccc(Cl)cc2)C1OC(=O)c1ccc(Cl)cc1. The summed E-state index contributed by atoms with van der Waals surface area (Å²) in [6.45, 7) is 0.606. The number of ether oxygens (including phenoxy) is 3. The van der Waals surface area contributed by atoms with Crippen LogP contribution in [0.15, 0.2) is 48.5 Å². The van der Waals surface area contributed by atoms with Gasteiger partial charge in [0.05, 0.1) is 11.1 Å². The lowest BCUT2D eigenvalue weighted by Gasteiger charge is -2.25. The van der Waals surface area contributed by atoms with Crippen molar-refractivity contribution in [1.82, 2.24) is 0 Å². The lowest BCUT2D eigenvalue weighted by molar-refractivity contribution is -0.144. The van der Waals surface area contributed by atoms with Crippen molar-refractivity contribution in [3.05, 3.63) is 69.7 Å². The maximum absolute atomic E-state index is 14.9. The normalized spacial score (nSPS) is 26.2. The first kappa shape index (κ1) is 21.5. The van der Waals surface area contributed by atoms with Crippen LogP contribution in [-0.4, -0.2) is 47.8 Å². The minimum Gasteiger partial charge on any atom is -0.459 e. The summed E-state index contributed by atoms with van der Waals surface area (Å²) in [5.74, 6) is -1.53. The van der Waals surface area contributed by atoms with Gasteiger partial charge in [0.15, 0.2) is 18.1 Å². The quantitative estimate of drug-likeness (QED) is 0.708. The molecule has 2 aromatic carbocycles. The van der Waals surface area contributed by atoms with Gasteiger partial charge >= 0.3 is 11.9 Å². The molecule has 0 saturated carbocycles. The largest absolute Gasteiger partial charge is 0.459 e. The predicted octanol–water partition coefficient (Wildman–Crippen LogP) is 3.82. The fourth-order valence-electron chi connectivity index (χ4n) is 2.79. The van der Waals surface area contributed by atoms with Crippen LogP contribution in [0.25, 0.3) is 0 Å². The number of carbonyl (C=O) groups is 2. The van der Waals surface area contributed by atoms with Crippen LogP contribution in [0.1, 0.15) is 27.6 Å². The molecule has 9 heteroatoms. The molecule has 1 heterocycles. The zero-order valence-corrected chi connectivity index (χ0v) is 16.7. The fraction of sp³-hybridized carbons (Fsp3) is 0.300. The highest BCUT2D eigenvalue weighted by Crippen LogP contribution is 2.36. The lowest BCUT2D eigenvalue weighted by Crippen LogP contribution is -2.45. The first-order valence-electron chi connectivity index (χ1n) is 8.60. The molecule has 1 saturated heterocycles. The van der Waals surface area contributed by atoms with E-state index < -0.39 is 42.7 Å². The van der Waals surface area contributed by atoms with E-state index in [1.165, 1.54) is 48.5 Å². The van der Waals surface area contributed by atoms with E-state index in [1.54, 1.807) is 0 Å². The van der Waals surface area contributed by atoms with Crippen molar-refractivity contribution in [3.63, 3.8) is 0 Å². The molecular formula is C20H17Cl2FO6. The highest BCUT2D eigenvalue weighted by molar-refractivity contribution is 6.30. The number of hydrogen-bond acceptors (Lipinski definition) is 6. The van der Waals surface area contributed by atoms with Gasteiger partial charge in [-0.2, -0.15) is 0 Å². The van der Waals surface area contributed by atoms with Gasteiger partial charge in [-0.25, -0.2) is 14.0 Å². The third-order valence-electron chi connectivity index (χ3n) is 4.45. The average Bonchev–Trinajstić information content (AvgIpc) is 2.90. The smallest absolute Gasteiger partial charge is 0.338 e. The van der Waals surface area contributed by atoms with Crippen molar-refractivity contribution in [1.29, 1.82) is 0 Å². The monoisotopic (exact) mass is 442 g/mol. The Morgan fingerprint density at radius 2 is 1.52 bits per heavy atom. The van der Waals surface area contributed by atoms with Gasteiger partial charge in [0.1, 0.15) is 12.7 Å². The fourth-order valence-corrected chi connectivity index (χ4v) is 3.04. The molecule has 1 aliphatic heterocycles. The Morgan fingerprint density at radius 3 is 2.03 bits per heavy atom. The van der Waals surface area contributed by atoms with Gasteiger partial charge in [0.25, 0.3) is 0 Å². The van der Waals surface area contributed by atoms with E-state index in [9.17, 15) is 19.1 Å². The number of aliphatic hydroxyl groups is 1. The van der Waals surface area contributed by atoms with Crippen molar-refractivity contribution in [2.75, 3.05) is 6.61 Å². The number of esters is 2. The van der Waals surface area contributed by atoms with Crippen LogP contribution in [0.3, 0.4) is 0 Å². The molecule has 29 heavy (non-hydrogen) atoms. The van der Waals surface area contributed by atoms with Gasteiger partial charge in [0.2, 0.25) is 0 Å². The van der Waals surface area contributed by atoms with E-state index in [-0.39, 0.29) is 11.1 Å². The summed E-state index contributed by atoms with van der Waals surface area (Å²) in [7, 11) is 0. The zero-order chi connectivity index (χ0) is 21.2. The first-order chi connectivity index (χ1) is 13.7. The van der Waals surface area contributed by atoms with E-state index in [1.807, 2.05) is 0 Å². The molecule has 0 aromatic heterocycles. The number of halogens is 3. The molecule has 4 atom stereocenters. The van der Waals surface area contributed by atoms with Crippen LogP contribution < -0.4 is 0 Å². The van der Waals surface area contributed by atoms with Gasteiger partial charge in [-0.15, -0.1) is 0 Å². The molecule has 1 aliphatic rings. The van der Waals surface area contributed by atoms with Gasteiger partial charge in [-0.1, -0.05) is 23.2 Å². The van der Waals surface area contributed by atoms with Crippen molar-refractivity contribution in [2.24, 2.45) is 0 Å². The number of benzene rings is 2. The number of aliphatic hydroxyl groups excluding tert-OH is 1. The second-order valence-corrected chi connectivity index (χ2v) is 7.49. The number of hydrogen-bond donors (Lipinski definition) is 1. The Kier molecular flexibility index (Phi) is 6.43. The van der Waals surface area contributed by atoms with Crippen LogP contribution in [0.5, 0.6) is 0 Å². The van der Waals surface area contributed by atoms with E-state index in [2.05, 4.69) is 0 Å². The van der Waals surface area contributed by atoms with Crippen molar-refractivity contribution in [3.8, 4) is 0 Å². The Labute approximate surface area is 176 Å². The summed E-state index contributed by atoms with van der Waals surface area (Å²) in [5, 5.41) is 10.7. The van der Waals surface area contributed by atoms with E-state index >= 15 is 0 Å². The molecular weight excluding hydrogens is 426 g/mol. The Morgan fingerprint density at radius 1 is 1.03 bits per heavy atom. The molecule has 0 amide bonds. The molecule has 1 N–H and O–H groups in total. The van der Waals surface area contributed by atoms with Crippen LogP contribution in [0, 0.1) is 0 Å².